The van der Waals surface area contributed by atoms with Crippen molar-refractivity contribution < 1.29 is 4.42 Å². The molecule has 4 heteroatoms. The van der Waals surface area contributed by atoms with Crippen molar-refractivity contribution in [1.82, 2.24) is 4.90 Å². The van der Waals surface area contributed by atoms with Gasteiger partial charge in [-0.05, 0) is 48.1 Å². The monoisotopic (exact) mass is 299 g/mol. The Morgan fingerprint density at radius 2 is 2.19 bits per heavy atom. The quantitative estimate of drug-likeness (QED) is 0.847. The second-order valence-corrected chi connectivity index (χ2v) is 5.83. The first-order chi connectivity index (χ1) is 7.63. The molecule has 0 atom stereocenters. The van der Waals surface area contributed by atoms with E-state index in [9.17, 15) is 0 Å². The van der Waals surface area contributed by atoms with Gasteiger partial charge >= 0.3 is 0 Å². The van der Waals surface area contributed by atoms with Gasteiger partial charge in [0.15, 0.2) is 0 Å². The van der Waals surface area contributed by atoms with Crippen molar-refractivity contribution in [3.05, 3.63) is 44.4 Å². The molecule has 0 aromatic carbocycles. The highest BCUT2D eigenvalue weighted by Crippen LogP contribution is 2.21. The molecule has 0 spiro atoms. The van der Waals surface area contributed by atoms with E-state index < -0.39 is 0 Å². The molecule has 0 unspecified atom stereocenters. The summed E-state index contributed by atoms with van der Waals surface area (Å²) in [6, 6.07) is 6.20. The van der Waals surface area contributed by atoms with E-state index in [1.54, 1.807) is 11.3 Å². The number of hydrogen-bond donors (Lipinski definition) is 0. The fraction of sp³-hybridized carbons (Fsp3) is 0.333. The van der Waals surface area contributed by atoms with Gasteiger partial charge in [0, 0.05) is 21.3 Å². The van der Waals surface area contributed by atoms with Gasteiger partial charge in [-0.2, -0.15) is 0 Å². The summed E-state index contributed by atoms with van der Waals surface area (Å²) < 4.78 is 6.71. The summed E-state index contributed by atoms with van der Waals surface area (Å²) in [4.78, 5) is 3.61. The summed E-state index contributed by atoms with van der Waals surface area (Å²) in [6.07, 6.45) is 0. The Balaban J connectivity index is 1.91. The van der Waals surface area contributed by atoms with E-state index in [4.69, 9.17) is 4.42 Å². The molecule has 2 rings (SSSR count). The first-order valence-corrected chi connectivity index (χ1v) is 6.77. The highest BCUT2D eigenvalue weighted by Gasteiger charge is 2.06. The number of hydrogen-bond acceptors (Lipinski definition) is 3. The molecule has 0 fully saturated rings. The van der Waals surface area contributed by atoms with Crippen molar-refractivity contribution in [2.45, 2.75) is 20.0 Å². The average molecular weight is 300 g/mol. The standard InChI is InChI=1S/C12H14BrNOS/c1-9-3-4-11(15-9)6-14(2)7-12-5-10(13)8-16-12/h3-5,8H,6-7H2,1-2H3. The van der Waals surface area contributed by atoms with Gasteiger partial charge < -0.3 is 4.42 Å². The van der Waals surface area contributed by atoms with E-state index >= 15 is 0 Å². The van der Waals surface area contributed by atoms with Crippen LogP contribution in [-0.4, -0.2) is 11.9 Å². The normalized spacial score (nSPS) is 11.2. The van der Waals surface area contributed by atoms with Gasteiger partial charge in [0.1, 0.15) is 11.5 Å². The lowest BCUT2D eigenvalue weighted by atomic mass is 10.4. The number of nitrogens with zero attached hydrogens (tertiary/aromatic N) is 1. The Hall–Kier alpha value is -0.580. The second-order valence-electron chi connectivity index (χ2n) is 3.92. The van der Waals surface area contributed by atoms with Crippen molar-refractivity contribution in [3.63, 3.8) is 0 Å². The summed E-state index contributed by atoms with van der Waals surface area (Å²) in [5, 5.41) is 2.11. The van der Waals surface area contributed by atoms with Crippen LogP contribution in [0.5, 0.6) is 0 Å². The molecule has 0 N–H and O–H groups in total. The summed E-state index contributed by atoms with van der Waals surface area (Å²) in [6.45, 7) is 3.78. The van der Waals surface area contributed by atoms with E-state index in [0.717, 1.165) is 29.1 Å². The van der Waals surface area contributed by atoms with Gasteiger partial charge in [-0.1, -0.05) is 0 Å². The molecule has 0 saturated carbocycles. The van der Waals surface area contributed by atoms with Gasteiger partial charge in [-0.3, -0.25) is 4.90 Å². The molecule has 0 aliphatic heterocycles. The molecule has 2 aromatic heterocycles. The molecule has 0 aliphatic rings. The van der Waals surface area contributed by atoms with Crippen LogP contribution in [-0.2, 0) is 13.1 Å². The van der Waals surface area contributed by atoms with Gasteiger partial charge in [0.2, 0.25) is 0 Å². The van der Waals surface area contributed by atoms with Gasteiger partial charge in [0.05, 0.1) is 6.54 Å². The van der Waals surface area contributed by atoms with Crippen LogP contribution < -0.4 is 0 Å². The maximum Gasteiger partial charge on any atom is 0.118 e. The maximum absolute atomic E-state index is 5.55. The van der Waals surface area contributed by atoms with Crippen LogP contribution in [0.2, 0.25) is 0 Å². The lowest BCUT2D eigenvalue weighted by Crippen LogP contribution is -2.15. The summed E-state index contributed by atoms with van der Waals surface area (Å²) >= 11 is 5.24. The molecule has 2 heterocycles. The molecule has 86 valence electrons. The highest BCUT2D eigenvalue weighted by atomic mass is 79.9. The number of furan rings is 1. The zero-order chi connectivity index (χ0) is 11.5. The first kappa shape index (κ1) is 11.9. The van der Waals surface area contributed by atoms with Crippen LogP contribution in [0.4, 0.5) is 0 Å². The van der Waals surface area contributed by atoms with Gasteiger partial charge in [-0.15, -0.1) is 11.3 Å². The number of thiophene rings is 1. The zero-order valence-corrected chi connectivity index (χ0v) is 11.8. The van der Waals surface area contributed by atoms with Crippen molar-refractivity contribution >= 4 is 27.3 Å². The summed E-state index contributed by atoms with van der Waals surface area (Å²) in [5.74, 6) is 2.00. The minimum atomic E-state index is 0.851. The minimum Gasteiger partial charge on any atom is -0.465 e. The van der Waals surface area contributed by atoms with Crippen LogP contribution in [0, 0.1) is 6.92 Å². The van der Waals surface area contributed by atoms with Crippen LogP contribution in [0.1, 0.15) is 16.4 Å². The topological polar surface area (TPSA) is 16.4 Å². The van der Waals surface area contributed by atoms with E-state index in [1.807, 2.05) is 19.1 Å². The van der Waals surface area contributed by atoms with Gasteiger partial charge in [-0.25, -0.2) is 0 Å². The van der Waals surface area contributed by atoms with Crippen LogP contribution in [0.15, 0.2) is 32.5 Å². The smallest absolute Gasteiger partial charge is 0.118 e. The van der Waals surface area contributed by atoms with E-state index in [-0.39, 0.29) is 0 Å². The Bertz CT molecular complexity index is 421. The fourth-order valence-corrected chi connectivity index (χ4v) is 3.12. The molecule has 2 nitrogen and oxygen atoms in total. The van der Waals surface area contributed by atoms with Crippen molar-refractivity contribution in [2.75, 3.05) is 7.05 Å². The largest absolute Gasteiger partial charge is 0.465 e. The maximum atomic E-state index is 5.55. The summed E-state index contributed by atoms with van der Waals surface area (Å²) in [5.41, 5.74) is 0. The Labute approximate surface area is 108 Å². The third-order valence-corrected chi connectivity index (χ3v) is 3.95. The zero-order valence-electron chi connectivity index (χ0n) is 9.37. The third-order valence-electron chi connectivity index (χ3n) is 2.27. The molecule has 2 aromatic rings. The Kier molecular flexibility index (Phi) is 3.84. The fourth-order valence-electron chi connectivity index (χ4n) is 1.59. The molecule has 16 heavy (non-hydrogen) atoms. The van der Waals surface area contributed by atoms with E-state index in [0.29, 0.717) is 0 Å². The van der Waals surface area contributed by atoms with Crippen LogP contribution >= 0.6 is 27.3 Å². The van der Waals surface area contributed by atoms with Crippen molar-refractivity contribution in [1.29, 1.82) is 0 Å². The average Bonchev–Trinajstić information content (AvgIpc) is 2.76. The molecule has 0 aliphatic carbocycles. The predicted molar refractivity (Wildman–Crippen MR) is 70.6 cm³/mol. The lowest BCUT2D eigenvalue weighted by molar-refractivity contribution is 0.287. The third kappa shape index (κ3) is 3.20. The number of rotatable bonds is 4. The second kappa shape index (κ2) is 5.17. The van der Waals surface area contributed by atoms with E-state index in [1.165, 1.54) is 4.88 Å². The van der Waals surface area contributed by atoms with Crippen LogP contribution in [0.25, 0.3) is 0 Å². The van der Waals surface area contributed by atoms with Gasteiger partial charge in [0.25, 0.3) is 0 Å². The Morgan fingerprint density at radius 1 is 1.38 bits per heavy atom. The molecule has 0 radical (unpaired) electrons. The van der Waals surface area contributed by atoms with Crippen molar-refractivity contribution in [3.8, 4) is 0 Å². The van der Waals surface area contributed by atoms with E-state index in [2.05, 4.69) is 39.3 Å². The predicted octanol–water partition coefficient (Wildman–Crippen LogP) is 4.04. The minimum absolute atomic E-state index is 0.851. The Morgan fingerprint density at radius 3 is 2.75 bits per heavy atom. The lowest BCUT2D eigenvalue weighted by Gasteiger charge is -2.13. The molecule has 0 bridgehead atoms. The SMILES string of the molecule is Cc1ccc(CN(C)Cc2cc(Br)cs2)o1. The number of aryl methyl sites for hydroxylation is 1. The summed E-state index contributed by atoms with van der Waals surface area (Å²) in [7, 11) is 2.10. The molecular formula is C12H14BrNOS. The van der Waals surface area contributed by atoms with Crippen molar-refractivity contribution in [2.24, 2.45) is 0 Å². The molecular weight excluding hydrogens is 286 g/mol. The molecule has 0 amide bonds. The van der Waals surface area contributed by atoms with Crippen LogP contribution in [0.3, 0.4) is 0 Å². The highest BCUT2D eigenvalue weighted by molar-refractivity contribution is 9.10. The molecule has 0 saturated heterocycles. The number of halogens is 1. The first-order valence-electron chi connectivity index (χ1n) is 5.10.